The van der Waals surface area contributed by atoms with Crippen molar-refractivity contribution >= 4 is 46.7 Å². The van der Waals surface area contributed by atoms with E-state index in [1.54, 1.807) is 12.1 Å². The summed E-state index contributed by atoms with van der Waals surface area (Å²) in [5.74, 6) is -1.75. The molecule has 0 fully saturated rings. The lowest BCUT2D eigenvalue weighted by Gasteiger charge is -2.09. The largest absolute Gasteiger partial charge is 0.482 e. The molecule has 136 valence electrons. The number of carbonyl (C=O) groups excluding carboxylic acids is 2. The molecule has 0 atom stereocenters. The maximum Gasteiger partial charge on any atom is 0.322 e. The third-order valence-corrected chi connectivity index (χ3v) is 3.61. The minimum atomic E-state index is -1.14. The average molecular weight is 397 g/mol. The van der Waals surface area contributed by atoms with E-state index in [0.717, 1.165) is 0 Å². The Kier molecular flexibility index (Phi) is 6.82. The van der Waals surface area contributed by atoms with E-state index in [1.807, 2.05) is 0 Å². The zero-order chi connectivity index (χ0) is 19.1. The SMILES string of the molecule is O=C(O)CNC(=O)c1ccc(NC(=O)COc2ccc(Cl)cc2Cl)cc1. The third kappa shape index (κ3) is 5.94. The molecule has 0 bridgehead atoms. The Morgan fingerprint density at radius 1 is 1.04 bits per heavy atom. The minimum Gasteiger partial charge on any atom is -0.482 e. The van der Waals surface area contributed by atoms with E-state index in [4.69, 9.17) is 33.0 Å². The molecule has 0 unspecified atom stereocenters. The molecule has 0 aliphatic rings. The number of nitrogens with one attached hydrogen (secondary N) is 2. The van der Waals surface area contributed by atoms with Gasteiger partial charge in [0.15, 0.2) is 6.61 Å². The van der Waals surface area contributed by atoms with Crippen molar-refractivity contribution in [3.8, 4) is 5.75 Å². The highest BCUT2D eigenvalue weighted by Gasteiger charge is 2.09. The Bertz CT molecular complexity index is 824. The van der Waals surface area contributed by atoms with Gasteiger partial charge in [-0.05, 0) is 42.5 Å². The lowest BCUT2D eigenvalue weighted by molar-refractivity contribution is -0.135. The van der Waals surface area contributed by atoms with E-state index in [0.29, 0.717) is 21.5 Å². The number of hydrogen-bond acceptors (Lipinski definition) is 4. The fourth-order valence-electron chi connectivity index (χ4n) is 1.90. The van der Waals surface area contributed by atoms with Crippen LogP contribution in [-0.4, -0.2) is 36.0 Å². The molecule has 3 N–H and O–H groups in total. The number of aliphatic carboxylic acids is 1. The molecule has 0 radical (unpaired) electrons. The number of amides is 2. The predicted molar refractivity (Wildman–Crippen MR) is 97.0 cm³/mol. The molecule has 0 aliphatic carbocycles. The molecule has 0 heterocycles. The van der Waals surface area contributed by atoms with Gasteiger partial charge in [-0.15, -0.1) is 0 Å². The summed E-state index contributed by atoms with van der Waals surface area (Å²) >= 11 is 11.7. The van der Waals surface area contributed by atoms with Gasteiger partial charge in [-0.2, -0.15) is 0 Å². The second-order valence-electron chi connectivity index (χ2n) is 5.07. The Balaban J connectivity index is 1.87. The highest BCUT2D eigenvalue weighted by atomic mass is 35.5. The number of carbonyl (C=O) groups is 3. The van der Waals surface area contributed by atoms with Gasteiger partial charge in [0.05, 0.1) is 5.02 Å². The van der Waals surface area contributed by atoms with Gasteiger partial charge in [-0.25, -0.2) is 0 Å². The van der Waals surface area contributed by atoms with Crippen molar-refractivity contribution in [2.24, 2.45) is 0 Å². The Morgan fingerprint density at radius 2 is 1.73 bits per heavy atom. The van der Waals surface area contributed by atoms with Crippen LogP contribution in [0.1, 0.15) is 10.4 Å². The summed E-state index contributed by atoms with van der Waals surface area (Å²) in [6.45, 7) is -0.732. The molecule has 2 aromatic rings. The van der Waals surface area contributed by atoms with Crippen LogP contribution in [0.5, 0.6) is 5.75 Å². The fraction of sp³-hybridized carbons (Fsp3) is 0.118. The van der Waals surface area contributed by atoms with Crippen molar-refractivity contribution in [3.63, 3.8) is 0 Å². The van der Waals surface area contributed by atoms with Crippen molar-refractivity contribution in [2.75, 3.05) is 18.5 Å². The molecule has 0 aromatic heterocycles. The molecule has 9 heteroatoms. The summed E-state index contributed by atoms with van der Waals surface area (Å²) in [6.07, 6.45) is 0. The van der Waals surface area contributed by atoms with Crippen LogP contribution in [0, 0.1) is 0 Å². The van der Waals surface area contributed by atoms with Crippen molar-refractivity contribution in [1.29, 1.82) is 0 Å². The quantitative estimate of drug-likeness (QED) is 0.667. The van der Waals surface area contributed by atoms with Gasteiger partial charge in [-0.3, -0.25) is 14.4 Å². The van der Waals surface area contributed by atoms with Gasteiger partial charge >= 0.3 is 5.97 Å². The molecule has 0 spiro atoms. The highest BCUT2D eigenvalue weighted by Crippen LogP contribution is 2.27. The number of hydrogen-bond donors (Lipinski definition) is 3. The van der Waals surface area contributed by atoms with Crippen LogP contribution in [-0.2, 0) is 9.59 Å². The second kappa shape index (κ2) is 9.07. The van der Waals surface area contributed by atoms with E-state index >= 15 is 0 Å². The highest BCUT2D eigenvalue weighted by molar-refractivity contribution is 6.35. The summed E-state index contributed by atoms with van der Waals surface area (Å²) in [5, 5.41) is 14.1. The molecule has 0 aliphatic heterocycles. The molecule has 0 saturated heterocycles. The summed E-state index contributed by atoms with van der Waals surface area (Å²) in [4.78, 5) is 34.0. The van der Waals surface area contributed by atoms with Crippen LogP contribution in [0.25, 0.3) is 0 Å². The monoisotopic (exact) mass is 396 g/mol. The Morgan fingerprint density at radius 3 is 2.35 bits per heavy atom. The normalized spacial score (nSPS) is 10.1. The maximum atomic E-state index is 11.9. The number of carboxylic acids is 1. The van der Waals surface area contributed by atoms with Crippen LogP contribution in [0.3, 0.4) is 0 Å². The molecule has 0 saturated carbocycles. The average Bonchev–Trinajstić information content (AvgIpc) is 2.59. The molecular weight excluding hydrogens is 383 g/mol. The van der Waals surface area contributed by atoms with Gasteiger partial charge in [0.25, 0.3) is 11.8 Å². The van der Waals surface area contributed by atoms with E-state index in [-0.39, 0.29) is 12.2 Å². The third-order valence-electron chi connectivity index (χ3n) is 3.08. The number of halogens is 2. The maximum absolute atomic E-state index is 11.9. The van der Waals surface area contributed by atoms with Crippen molar-refractivity contribution in [1.82, 2.24) is 5.32 Å². The summed E-state index contributed by atoms with van der Waals surface area (Å²) in [5.41, 5.74) is 0.726. The number of benzene rings is 2. The standard InChI is InChI=1S/C17H14Cl2N2O5/c18-11-3-6-14(13(19)7-11)26-9-15(22)21-12-4-1-10(2-5-12)17(25)20-8-16(23)24/h1-7H,8-9H2,(H,20,25)(H,21,22)(H,23,24). The number of ether oxygens (including phenoxy) is 1. The Labute approximate surface area is 158 Å². The van der Waals surface area contributed by atoms with Gasteiger partial charge in [0.1, 0.15) is 12.3 Å². The molecule has 2 aromatic carbocycles. The molecule has 2 amide bonds. The summed E-state index contributed by atoms with van der Waals surface area (Å²) in [6, 6.07) is 10.6. The van der Waals surface area contributed by atoms with Crippen LogP contribution in [0.4, 0.5) is 5.69 Å². The van der Waals surface area contributed by atoms with Gasteiger partial charge < -0.3 is 20.5 Å². The molecular formula is C17H14Cl2N2O5. The Hall–Kier alpha value is -2.77. The van der Waals surface area contributed by atoms with E-state index < -0.39 is 24.3 Å². The lowest BCUT2D eigenvalue weighted by atomic mass is 10.2. The second-order valence-corrected chi connectivity index (χ2v) is 5.91. The predicted octanol–water partition coefficient (Wildman–Crippen LogP) is 2.83. The van der Waals surface area contributed by atoms with Gasteiger partial charge in [-0.1, -0.05) is 23.2 Å². The summed E-state index contributed by atoms with van der Waals surface area (Å²) < 4.78 is 5.32. The minimum absolute atomic E-state index is 0.262. The van der Waals surface area contributed by atoms with Gasteiger partial charge in [0.2, 0.25) is 0 Å². The number of carboxylic acid groups (broad SMARTS) is 1. The van der Waals surface area contributed by atoms with Crippen LogP contribution in [0.15, 0.2) is 42.5 Å². The lowest BCUT2D eigenvalue weighted by Crippen LogP contribution is -2.29. The number of rotatable bonds is 7. The zero-order valence-electron chi connectivity index (χ0n) is 13.3. The van der Waals surface area contributed by atoms with Crippen LogP contribution < -0.4 is 15.4 Å². The first-order chi connectivity index (χ1) is 12.3. The zero-order valence-corrected chi connectivity index (χ0v) is 14.8. The first-order valence-electron chi connectivity index (χ1n) is 7.33. The van der Waals surface area contributed by atoms with Crippen molar-refractivity contribution in [3.05, 3.63) is 58.1 Å². The first-order valence-corrected chi connectivity index (χ1v) is 8.08. The van der Waals surface area contributed by atoms with E-state index in [1.165, 1.54) is 30.3 Å². The smallest absolute Gasteiger partial charge is 0.322 e. The topological polar surface area (TPSA) is 105 Å². The summed E-state index contributed by atoms with van der Waals surface area (Å²) in [7, 11) is 0. The fourth-order valence-corrected chi connectivity index (χ4v) is 2.36. The van der Waals surface area contributed by atoms with Crippen LogP contribution in [0.2, 0.25) is 10.0 Å². The van der Waals surface area contributed by atoms with Crippen molar-refractivity contribution in [2.45, 2.75) is 0 Å². The molecule has 2 rings (SSSR count). The van der Waals surface area contributed by atoms with Crippen LogP contribution >= 0.6 is 23.2 Å². The first kappa shape index (κ1) is 19.6. The van der Waals surface area contributed by atoms with Crippen molar-refractivity contribution < 1.29 is 24.2 Å². The number of anilines is 1. The van der Waals surface area contributed by atoms with Gasteiger partial charge in [0, 0.05) is 16.3 Å². The molecule has 7 nitrogen and oxygen atoms in total. The molecule has 26 heavy (non-hydrogen) atoms. The van der Waals surface area contributed by atoms with E-state index in [9.17, 15) is 14.4 Å². The van der Waals surface area contributed by atoms with E-state index in [2.05, 4.69) is 10.6 Å².